The number of nitrogens with one attached hydrogen (secondary N) is 1. The maximum absolute atomic E-state index is 14.0. The third-order valence-corrected chi connectivity index (χ3v) is 10.7. The van der Waals surface area contributed by atoms with Crippen LogP contribution in [0.25, 0.3) is 0 Å². The number of carbonyl (C=O) groups excluding carboxylic acids is 2. The largest absolute Gasteiger partial charge is 0.357 e. The molecular formula is C30H33Cl2N5O4S. The number of hydrogen-bond acceptors (Lipinski definition) is 6. The van der Waals surface area contributed by atoms with Gasteiger partial charge in [0.2, 0.25) is 11.8 Å². The van der Waals surface area contributed by atoms with E-state index >= 15 is 0 Å². The highest BCUT2D eigenvalue weighted by atomic mass is 35.5. The molecule has 2 aliphatic heterocycles. The number of carbonyl (C=O) groups is 2. The summed E-state index contributed by atoms with van der Waals surface area (Å²) in [7, 11) is -4.37. The van der Waals surface area contributed by atoms with Gasteiger partial charge in [-0.2, -0.15) is 0 Å². The van der Waals surface area contributed by atoms with Crippen LogP contribution in [0.15, 0.2) is 71.8 Å². The van der Waals surface area contributed by atoms with Crippen LogP contribution in [-0.2, 0) is 19.6 Å². The zero-order valence-corrected chi connectivity index (χ0v) is 25.6. The molecule has 42 heavy (non-hydrogen) atoms. The fourth-order valence-electron chi connectivity index (χ4n) is 5.61. The standard InChI is InChI=1S/C30H33Cl2N5O4S/c1-2-35(17-13-21-14-18-36(19-15-21)27-12-5-6-16-33-27)28(38)20-25-30(39)34-23-9-3-4-10-24(23)37(25)42(40,41)26-11-7-8-22(31)29(26)32/h3-12,16,21,25H,2,13-15,17-20H2,1H3,(H,34,39). The van der Waals surface area contributed by atoms with Crippen LogP contribution in [-0.4, -0.2) is 62.3 Å². The Labute approximate surface area is 256 Å². The van der Waals surface area contributed by atoms with Crippen LogP contribution in [0.3, 0.4) is 0 Å². The van der Waals surface area contributed by atoms with Crippen molar-refractivity contribution in [2.75, 3.05) is 40.7 Å². The quantitative estimate of drug-likeness (QED) is 0.338. The van der Waals surface area contributed by atoms with E-state index in [1.807, 2.05) is 25.1 Å². The Hall–Kier alpha value is -3.34. The number of para-hydroxylation sites is 2. The molecule has 0 saturated carbocycles. The van der Waals surface area contributed by atoms with Gasteiger partial charge in [-0.3, -0.25) is 13.9 Å². The first-order valence-electron chi connectivity index (χ1n) is 14.0. The first-order chi connectivity index (χ1) is 20.2. The van der Waals surface area contributed by atoms with E-state index in [-0.39, 0.29) is 33.0 Å². The maximum Gasteiger partial charge on any atom is 0.266 e. The Morgan fingerprint density at radius 2 is 1.79 bits per heavy atom. The van der Waals surface area contributed by atoms with Crippen molar-refractivity contribution in [1.82, 2.24) is 9.88 Å². The van der Waals surface area contributed by atoms with Crippen molar-refractivity contribution < 1.29 is 18.0 Å². The van der Waals surface area contributed by atoms with E-state index in [0.29, 0.717) is 24.7 Å². The lowest BCUT2D eigenvalue weighted by Gasteiger charge is -2.38. The van der Waals surface area contributed by atoms with Crippen molar-refractivity contribution in [3.63, 3.8) is 0 Å². The first kappa shape index (κ1) is 30.1. The van der Waals surface area contributed by atoms with Crippen molar-refractivity contribution in [1.29, 1.82) is 0 Å². The second-order valence-electron chi connectivity index (χ2n) is 10.5. The molecule has 1 atom stereocenters. The maximum atomic E-state index is 14.0. The number of benzene rings is 2. The molecule has 5 rings (SSSR count). The van der Waals surface area contributed by atoms with Crippen LogP contribution in [0.5, 0.6) is 0 Å². The number of fused-ring (bicyclic) bond motifs is 1. The molecule has 3 heterocycles. The highest BCUT2D eigenvalue weighted by Gasteiger charge is 2.43. The SMILES string of the molecule is CCN(CCC1CCN(c2ccccn2)CC1)C(=O)CC1C(=O)Nc2ccccc2N1S(=O)(=O)c1cccc(Cl)c1Cl. The number of aromatic nitrogens is 1. The van der Waals surface area contributed by atoms with Gasteiger partial charge in [0.25, 0.3) is 10.0 Å². The Morgan fingerprint density at radius 3 is 2.50 bits per heavy atom. The van der Waals surface area contributed by atoms with Gasteiger partial charge in [-0.1, -0.05) is 47.5 Å². The molecule has 0 radical (unpaired) electrons. The van der Waals surface area contributed by atoms with E-state index in [2.05, 4.69) is 15.2 Å². The Balaban J connectivity index is 1.31. The molecule has 9 nitrogen and oxygen atoms in total. The minimum Gasteiger partial charge on any atom is -0.357 e. The molecule has 1 unspecified atom stereocenters. The average Bonchev–Trinajstić information content (AvgIpc) is 2.99. The van der Waals surface area contributed by atoms with Crippen molar-refractivity contribution in [3.8, 4) is 0 Å². The molecule has 3 aromatic rings. The summed E-state index contributed by atoms with van der Waals surface area (Å²) >= 11 is 12.5. The number of nitrogens with zero attached hydrogens (tertiary/aromatic N) is 4. The van der Waals surface area contributed by atoms with Crippen LogP contribution >= 0.6 is 23.2 Å². The van der Waals surface area contributed by atoms with E-state index in [1.165, 1.54) is 18.2 Å². The van der Waals surface area contributed by atoms with Crippen LogP contribution in [0.4, 0.5) is 17.2 Å². The molecule has 0 spiro atoms. The van der Waals surface area contributed by atoms with Gasteiger partial charge < -0.3 is 15.1 Å². The molecule has 0 bridgehead atoms. The second-order valence-corrected chi connectivity index (χ2v) is 13.0. The second kappa shape index (κ2) is 12.9. The predicted molar refractivity (Wildman–Crippen MR) is 166 cm³/mol. The number of hydrogen-bond donors (Lipinski definition) is 1. The van der Waals surface area contributed by atoms with E-state index in [9.17, 15) is 18.0 Å². The molecule has 1 N–H and O–H groups in total. The van der Waals surface area contributed by atoms with Crippen LogP contribution in [0.2, 0.25) is 10.0 Å². The van der Waals surface area contributed by atoms with Gasteiger partial charge in [0.1, 0.15) is 16.8 Å². The summed E-state index contributed by atoms with van der Waals surface area (Å²) in [5, 5.41) is 2.70. The fraction of sp³-hybridized carbons (Fsp3) is 0.367. The van der Waals surface area contributed by atoms with Crippen molar-refractivity contribution in [2.45, 2.75) is 43.5 Å². The molecule has 12 heteroatoms. The minimum absolute atomic E-state index is 0.0723. The van der Waals surface area contributed by atoms with Crippen molar-refractivity contribution in [2.24, 2.45) is 5.92 Å². The molecule has 222 valence electrons. The van der Waals surface area contributed by atoms with E-state index in [0.717, 1.165) is 42.5 Å². The van der Waals surface area contributed by atoms with Crippen molar-refractivity contribution >= 4 is 62.2 Å². The van der Waals surface area contributed by atoms with E-state index in [4.69, 9.17) is 23.2 Å². The molecule has 1 saturated heterocycles. The molecule has 2 aromatic carbocycles. The number of rotatable bonds is 9. The molecule has 2 amide bonds. The Bertz CT molecular complexity index is 1550. The van der Waals surface area contributed by atoms with Crippen molar-refractivity contribution in [3.05, 3.63) is 76.9 Å². The Kier molecular flexibility index (Phi) is 9.25. The molecule has 2 aliphatic rings. The van der Waals surface area contributed by atoms with Gasteiger partial charge in [0.05, 0.1) is 27.8 Å². The highest BCUT2D eigenvalue weighted by Crippen LogP contribution is 2.40. The first-order valence-corrected chi connectivity index (χ1v) is 16.2. The summed E-state index contributed by atoms with van der Waals surface area (Å²) in [4.78, 5) is 35.1. The lowest BCUT2D eigenvalue weighted by molar-refractivity contribution is -0.133. The highest BCUT2D eigenvalue weighted by molar-refractivity contribution is 7.93. The number of halogens is 2. The predicted octanol–water partition coefficient (Wildman–Crippen LogP) is 5.45. The lowest BCUT2D eigenvalue weighted by atomic mass is 9.93. The summed E-state index contributed by atoms with van der Waals surface area (Å²) in [5.74, 6) is 0.563. The number of amides is 2. The summed E-state index contributed by atoms with van der Waals surface area (Å²) in [6, 6.07) is 15.5. The fourth-order valence-corrected chi connectivity index (χ4v) is 7.98. The van der Waals surface area contributed by atoms with E-state index in [1.54, 1.807) is 35.4 Å². The van der Waals surface area contributed by atoms with Crippen LogP contribution < -0.4 is 14.5 Å². The molecular weight excluding hydrogens is 597 g/mol. The Morgan fingerprint density at radius 1 is 1.05 bits per heavy atom. The number of pyridine rings is 1. The van der Waals surface area contributed by atoms with Crippen LogP contribution in [0.1, 0.15) is 32.6 Å². The zero-order valence-electron chi connectivity index (χ0n) is 23.2. The van der Waals surface area contributed by atoms with Gasteiger partial charge in [0, 0.05) is 32.4 Å². The molecule has 0 aliphatic carbocycles. The van der Waals surface area contributed by atoms with Gasteiger partial charge in [-0.05, 0) is 68.5 Å². The number of sulfonamides is 1. The molecule has 1 aromatic heterocycles. The number of anilines is 3. The van der Waals surface area contributed by atoms with E-state index < -0.39 is 22.0 Å². The summed E-state index contributed by atoms with van der Waals surface area (Å²) < 4.78 is 29.1. The summed E-state index contributed by atoms with van der Waals surface area (Å²) in [6.07, 6.45) is 4.30. The molecule has 1 fully saturated rings. The third kappa shape index (κ3) is 6.21. The summed E-state index contributed by atoms with van der Waals surface area (Å²) in [5.41, 5.74) is 0.589. The normalized spacial score (nSPS) is 17.5. The van der Waals surface area contributed by atoms with Crippen LogP contribution in [0, 0.1) is 5.92 Å². The van der Waals surface area contributed by atoms with Gasteiger partial charge in [-0.15, -0.1) is 0 Å². The third-order valence-electron chi connectivity index (χ3n) is 7.94. The van der Waals surface area contributed by atoms with Gasteiger partial charge in [0.15, 0.2) is 0 Å². The van der Waals surface area contributed by atoms with Gasteiger partial charge in [-0.25, -0.2) is 13.4 Å². The summed E-state index contributed by atoms with van der Waals surface area (Å²) in [6.45, 7) is 4.67. The average molecular weight is 631 g/mol. The smallest absolute Gasteiger partial charge is 0.266 e. The lowest BCUT2D eigenvalue weighted by Crippen LogP contribution is -2.53. The monoisotopic (exact) mass is 629 g/mol. The van der Waals surface area contributed by atoms with Gasteiger partial charge >= 0.3 is 0 Å². The minimum atomic E-state index is -4.37. The number of piperidine rings is 1. The zero-order chi connectivity index (χ0) is 29.9. The topological polar surface area (TPSA) is 103 Å².